The van der Waals surface area contributed by atoms with Gasteiger partial charge in [0.05, 0.1) is 4.47 Å². The van der Waals surface area contributed by atoms with Crippen molar-refractivity contribution in [2.24, 2.45) is 0 Å². The predicted octanol–water partition coefficient (Wildman–Crippen LogP) is 5.81. The van der Waals surface area contributed by atoms with Crippen LogP contribution in [0.1, 0.15) is 36.6 Å². The molecular formula is C16H17BrClNO. The van der Waals surface area contributed by atoms with Crippen LogP contribution in [0.4, 0.5) is 0 Å². The monoisotopic (exact) mass is 353 g/mol. The van der Waals surface area contributed by atoms with Gasteiger partial charge >= 0.3 is 0 Å². The van der Waals surface area contributed by atoms with Gasteiger partial charge in [-0.15, -0.1) is 11.6 Å². The van der Waals surface area contributed by atoms with E-state index in [9.17, 15) is 0 Å². The lowest BCUT2D eigenvalue weighted by molar-refractivity contribution is 0.456. The van der Waals surface area contributed by atoms with Crippen LogP contribution in [0.15, 0.2) is 34.8 Å². The lowest BCUT2D eigenvalue weighted by Crippen LogP contribution is -1.98. The predicted molar refractivity (Wildman–Crippen MR) is 86.8 cm³/mol. The number of halogens is 2. The highest BCUT2D eigenvalue weighted by Crippen LogP contribution is 2.31. The van der Waals surface area contributed by atoms with Gasteiger partial charge in [-0.05, 0) is 58.1 Å². The Bertz CT molecular complexity index is 613. The second-order valence-electron chi connectivity index (χ2n) is 5.06. The summed E-state index contributed by atoms with van der Waals surface area (Å²) in [6, 6.07) is 9.86. The van der Waals surface area contributed by atoms with Crippen molar-refractivity contribution in [1.29, 1.82) is 0 Å². The second kappa shape index (κ2) is 6.59. The molecule has 0 amide bonds. The Morgan fingerprint density at radius 1 is 1.25 bits per heavy atom. The zero-order valence-electron chi connectivity index (χ0n) is 11.8. The second-order valence-corrected chi connectivity index (χ2v) is 6.18. The fourth-order valence-corrected chi connectivity index (χ4v) is 2.54. The average Bonchev–Trinajstić information content (AvgIpc) is 2.41. The Kier molecular flexibility index (Phi) is 5.06. The average molecular weight is 355 g/mol. The molecule has 0 fully saturated rings. The largest absolute Gasteiger partial charge is 0.438 e. The minimum absolute atomic E-state index is 0.335. The van der Waals surface area contributed by atoms with Crippen molar-refractivity contribution in [3.8, 4) is 11.6 Å². The maximum absolute atomic E-state index is 5.94. The smallest absolute Gasteiger partial charge is 0.219 e. The van der Waals surface area contributed by atoms with E-state index < -0.39 is 0 Å². The molecular weight excluding hydrogens is 338 g/mol. The molecule has 106 valence electrons. The summed E-state index contributed by atoms with van der Waals surface area (Å²) in [5, 5.41) is 0. The fourth-order valence-electron chi connectivity index (χ4n) is 1.81. The van der Waals surface area contributed by atoms with Crippen LogP contribution >= 0.6 is 27.5 Å². The molecule has 0 bridgehead atoms. The SMILES string of the molecule is Cc1ccc(Oc2cc(CCl)cc(C(C)C)n2)c(Br)c1. The maximum Gasteiger partial charge on any atom is 0.219 e. The molecule has 0 unspecified atom stereocenters. The van der Waals surface area contributed by atoms with Crippen LogP contribution in [-0.4, -0.2) is 4.98 Å². The van der Waals surface area contributed by atoms with Crippen molar-refractivity contribution in [1.82, 2.24) is 4.98 Å². The third-order valence-electron chi connectivity index (χ3n) is 2.93. The number of benzene rings is 1. The lowest BCUT2D eigenvalue weighted by atomic mass is 10.1. The van der Waals surface area contributed by atoms with Crippen LogP contribution < -0.4 is 4.74 Å². The first-order chi connectivity index (χ1) is 9.49. The molecule has 1 aromatic carbocycles. The van der Waals surface area contributed by atoms with Crippen molar-refractivity contribution in [3.05, 3.63) is 51.6 Å². The summed E-state index contributed by atoms with van der Waals surface area (Å²) in [6.45, 7) is 6.25. The standard InChI is InChI=1S/C16H17BrClNO/c1-10(2)14-7-12(9-18)8-16(19-14)20-15-5-4-11(3)6-13(15)17/h4-8,10H,9H2,1-3H3. The van der Waals surface area contributed by atoms with Crippen molar-refractivity contribution in [2.75, 3.05) is 0 Å². The normalized spacial score (nSPS) is 10.9. The van der Waals surface area contributed by atoms with E-state index in [-0.39, 0.29) is 0 Å². The van der Waals surface area contributed by atoms with Crippen molar-refractivity contribution >= 4 is 27.5 Å². The first kappa shape index (κ1) is 15.3. The number of aromatic nitrogens is 1. The van der Waals surface area contributed by atoms with Crippen LogP contribution in [0, 0.1) is 6.92 Å². The third kappa shape index (κ3) is 3.74. The van der Waals surface area contributed by atoms with E-state index in [1.165, 1.54) is 5.56 Å². The Morgan fingerprint density at radius 3 is 2.60 bits per heavy atom. The van der Waals surface area contributed by atoms with Gasteiger partial charge in [0.25, 0.3) is 0 Å². The molecule has 0 atom stereocenters. The molecule has 0 radical (unpaired) electrons. The molecule has 2 rings (SSSR count). The van der Waals surface area contributed by atoms with E-state index in [1.807, 2.05) is 37.3 Å². The number of alkyl halides is 1. The minimum atomic E-state index is 0.335. The molecule has 0 saturated carbocycles. The van der Waals surface area contributed by atoms with Gasteiger partial charge in [0.2, 0.25) is 5.88 Å². The van der Waals surface area contributed by atoms with Crippen LogP contribution in [0.3, 0.4) is 0 Å². The molecule has 20 heavy (non-hydrogen) atoms. The number of ether oxygens (including phenoxy) is 1. The van der Waals surface area contributed by atoms with Gasteiger partial charge in [0, 0.05) is 17.6 Å². The number of hydrogen-bond donors (Lipinski definition) is 0. The zero-order valence-corrected chi connectivity index (χ0v) is 14.1. The number of aryl methyl sites for hydroxylation is 1. The molecule has 4 heteroatoms. The quantitative estimate of drug-likeness (QED) is 0.647. The molecule has 0 aliphatic rings. The number of pyridine rings is 1. The van der Waals surface area contributed by atoms with E-state index in [0.717, 1.165) is 21.5 Å². The van der Waals surface area contributed by atoms with Gasteiger partial charge in [-0.3, -0.25) is 0 Å². The van der Waals surface area contributed by atoms with Gasteiger partial charge in [-0.25, -0.2) is 4.98 Å². The first-order valence-electron chi connectivity index (χ1n) is 6.50. The van der Waals surface area contributed by atoms with Gasteiger partial charge in [-0.2, -0.15) is 0 Å². The molecule has 2 aromatic rings. The van der Waals surface area contributed by atoms with Crippen molar-refractivity contribution in [2.45, 2.75) is 32.6 Å². The molecule has 0 aliphatic carbocycles. The molecule has 0 N–H and O–H groups in total. The Hall–Kier alpha value is -1.06. The van der Waals surface area contributed by atoms with Crippen LogP contribution in [0.5, 0.6) is 11.6 Å². The Labute approximate surface area is 133 Å². The summed E-state index contributed by atoms with van der Waals surface area (Å²) in [6.07, 6.45) is 0. The van der Waals surface area contributed by atoms with Crippen LogP contribution in [-0.2, 0) is 5.88 Å². The minimum Gasteiger partial charge on any atom is -0.438 e. The Balaban J connectivity index is 2.34. The van der Waals surface area contributed by atoms with E-state index in [1.54, 1.807) is 0 Å². The highest BCUT2D eigenvalue weighted by atomic mass is 79.9. The van der Waals surface area contributed by atoms with Gasteiger partial charge < -0.3 is 4.74 Å². The highest BCUT2D eigenvalue weighted by molar-refractivity contribution is 9.10. The Morgan fingerprint density at radius 2 is 2.00 bits per heavy atom. The fraction of sp³-hybridized carbons (Fsp3) is 0.312. The van der Waals surface area contributed by atoms with E-state index in [0.29, 0.717) is 17.7 Å². The maximum atomic E-state index is 5.94. The van der Waals surface area contributed by atoms with E-state index >= 15 is 0 Å². The first-order valence-corrected chi connectivity index (χ1v) is 7.83. The number of hydrogen-bond acceptors (Lipinski definition) is 2. The highest BCUT2D eigenvalue weighted by Gasteiger charge is 2.09. The van der Waals surface area contributed by atoms with E-state index in [4.69, 9.17) is 16.3 Å². The van der Waals surface area contributed by atoms with Crippen LogP contribution in [0.25, 0.3) is 0 Å². The summed E-state index contributed by atoms with van der Waals surface area (Å²) >= 11 is 9.45. The summed E-state index contributed by atoms with van der Waals surface area (Å²) in [4.78, 5) is 4.54. The van der Waals surface area contributed by atoms with E-state index in [2.05, 4.69) is 34.8 Å². The van der Waals surface area contributed by atoms with Crippen molar-refractivity contribution < 1.29 is 4.74 Å². The zero-order chi connectivity index (χ0) is 14.7. The summed E-state index contributed by atoms with van der Waals surface area (Å²) < 4.78 is 6.80. The third-order valence-corrected chi connectivity index (χ3v) is 3.86. The molecule has 0 spiro atoms. The molecule has 0 saturated heterocycles. The molecule has 0 aliphatic heterocycles. The van der Waals surface area contributed by atoms with Gasteiger partial charge in [0.1, 0.15) is 5.75 Å². The summed E-state index contributed by atoms with van der Waals surface area (Å²) in [5.74, 6) is 2.12. The summed E-state index contributed by atoms with van der Waals surface area (Å²) in [7, 11) is 0. The van der Waals surface area contributed by atoms with Crippen LogP contribution in [0.2, 0.25) is 0 Å². The van der Waals surface area contributed by atoms with Crippen molar-refractivity contribution in [3.63, 3.8) is 0 Å². The summed E-state index contributed by atoms with van der Waals surface area (Å²) in [5.41, 5.74) is 3.18. The van der Waals surface area contributed by atoms with Gasteiger partial charge in [0.15, 0.2) is 0 Å². The topological polar surface area (TPSA) is 22.1 Å². The molecule has 1 heterocycles. The number of nitrogens with zero attached hydrogens (tertiary/aromatic N) is 1. The molecule has 1 aromatic heterocycles. The van der Waals surface area contributed by atoms with Gasteiger partial charge in [-0.1, -0.05) is 19.9 Å². The lowest BCUT2D eigenvalue weighted by Gasteiger charge is -2.12. The molecule has 2 nitrogen and oxygen atoms in total. The number of rotatable bonds is 4.